The molecule has 0 N–H and O–H groups in total. The second-order valence-electron chi connectivity index (χ2n) is 7.44. The van der Waals surface area contributed by atoms with Crippen molar-refractivity contribution >= 4 is 30.0 Å². The van der Waals surface area contributed by atoms with Crippen molar-refractivity contribution < 1.29 is 51.0 Å². The van der Waals surface area contributed by atoms with Crippen LogP contribution in [0.25, 0.3) is 10.8 Å². The van der Waals surface area contributed by atoms with Gasteiger partial charge in [0.1, 0.15) is 0 Å². The van der Waals surface area contributed by atoms with Crippen molar-refractivity contribution in [2.24, 2.45) is 0 Å². The van der Waals surface area contributed by atoms with Gasteiger partial charge in [-0.25, -0.2) is 0 Å². The van der Waals surface area contributed by atoms with E-state index in [1.807, 2.05) is 0 Å². The van der Waals surface area contributed by atoms with Crippen LogP contribution in [0.15, 0.2) is 60.7 Å². The standard InChI is InChI=1S/C16H14P.C10H15.2ClH.Zr/c1-12-6-2-5-9-16(12)17-15-10-13-7-3-4-8-14(13)11-15;1-6-7(2)9(4)10(5)8(6)3;;;/h2-11,17H,1H3;1-5H3;2*1H;/q2*-1;;;+4/p-2. The normalized spacial score (nSPS) is 10.1. The summed E-state index contributed by atoms with van der Waals surface area (Å²) in [5, 5.41) is 5.58. The maximum absolute atomic E-state index is 2.31. The monoisotopic (exact) mass is 532 g/mol. The van der Waals surface area contributed by atoms with Gasteiger partial charge in [-0.05, 0) is 17.8 Å². The van der Waals surface area contributed by atoms with Crippen molar-refractivity contribution in [3.8, 4) is 0 Å². The van der Waals surface area contributed by atoms with Crippen molar-refractivity contribution in [2.45, 2.75) is 41.5 Å². The van der Waals surface area contributed by atoms with Crippen LogP contribution < -0.4 is 35.4 Å². The topological polar surface area (TPSA) is 0 Å². The van der Waals surface area contributed by atoms with E-state index in [1.165, 1.54) is 54.8 Å². The summed E-state index contributed by atoms with van der Waals surface area (Å²) in [7, 11) is 0.759. The first-order valence-corrected chi connectivity index (χ1v) is 10.6. The van der Waals surface area contributed by atoms with E-state index in [9.17, 15) is 0 Å². The molecule has 0 aliphatic carbocycles. The van der Waals surface area contributed by atoms with Crippen molar-refractivity contribution in [2.75, 3.05) is 0 Å². The van der Waals surface area contributed by atoms with E-state index in [1.54, 1.807) is 0 Å². The van der Waals surface area contributed by atoms with Gasteiger partial charge in [-0.2, -0.15) is 33.9 Å². The summed E-state index contributed by atoms with van der Waals surface area (Å²) in [6, 6.07) is 21.8. The fourth-order valence-electron chi connectivity index (χ4n) is 3.50. The number of hydrogen-bond acceptors (Lipinski definition) is 0. The van der Waals surface area contributed by atoms with E-state index in [0.717, 1.165) is 8.58 Å². The Morgan fingerprint density at radius 1 is 0.767 bits per heavy atom. The van der Waals surface area contributed by atoms with Crippen LogP contribution in [0.1, 0.15) is 33.4 Å². The quantitative estimate of drug-likeness (QED) is 0.259. The fraction of sp³-hybridized carbons (Fsp3) is 0.231. The van der Waals surface area contributed by atoms with Crippen molar-refractivity contribution in [1.82, 2.24) is 0 Å². The van der Waals surface area contributed by atoms with E-state index in [2.05, 4.69) is 102 Å². The molecule has 4 aromatic carbocycles. The molecular formula is C26H29Cl2PZr. The van der Waals surface area contributed by atoms with Gasteiger partial charge in [0.15, 0.2) is 0 Å². The molecule has 0 aliphatic rings. The minimum atomic E-state index is 0. The van der Waals surface area contributed by atoms with Crippen molar-refractivity contribution in [3.05, 3.63) is 94.0 Å². The Bertz CT molecular complexity index is 963. The predicted molar refractivity (Wildman–Crippen MR) is 124 cm³/mol. The van der Waals surface area contributed by atoms with Crippen LogP contribution in [0.5, 0.6) is 0 Å². The second kappa shape index (κ2) is 13.0. The van der Waals surface area contributed by atoms with Gasteiger partial charge in [0.25, 0.3) is 0 Å². The van der Waals surface area contributed by atoms with Gasteiger partial charge in [0.2, 0.25) is 0 Å². The van der Waals surface area contributed by atoms with Gasteiger partial charge in [-0.3, -0.25) is 0 Å². The molecule has 0 fully saturated rings. The minimum Gasteiger partial charge on any atom is -1.00 e. The Labute approximate surface area is 215 Å². The summed E-state index contributed by atoms with van der Waals surface area (Å²) < 4.78 is 0. The number of aryl methyl sites for hydroxylation is 1. The number of hydrogen-bond donors (Lipinski definition) is 0. The van der Waals surface area contributed by atoms with Gasteiger partial charge < -0.3 is 24.8 Å². The Hall–Kier alpha value is -0.707. The molecule has 0 bridgehead atoms. The van der Waals surface area contributed by atoms with E-state index in [4.69, 9.17) is 0 Å². The third-order valence-corrected chi connectivity index (χ3v) is 7.26. The van der Waals surface area contributed by atoms with Crippen LogP contribution >= 0.6 is 8.58 Å². The summed E-state index contributed by atoms with van der Waals surface area (Å²) in [6.45, 7) is 13.2. The minimum absolute atomic E-state index is 0. The van der Waals surface area contributed by atoms with Crippen molar-refractivity contribution in [1.29, 1.82) is 0 Å². The van der Waals surface area contributed by atoms with Gasteiger partial charge in [0.05, 0.1) is 0 Å². The first kappa shape index (κ1) is 29.3. The van der Waals surface area contributed by atoms with Crippen LogP contribution in [-0.4, -0.2) is 0 Å². The summed E-state index contributed by atoms with van der Waals surface area (Å²) in [5.41, 5.74) is 8.72. The van der Waals surface area contributed by atoms with Crippen LogP contribution in [0.4, 0.5) is 0 Å². The number of rotatable bonds is 2. The average Bonchev–Trinajstić information content (AvgIpc) is 3.15. The molecule has 156 valence electrons. The molecule has 4 rings (SSSR count). The second-order valence-corrected chi connectivity index (χ2v) is 8.80. The van der Waals surface area contributed by atoms with E-state index < -0.39 is 0 Å². The van der Waals surface area contributed by atoms with Crippen LogP contribution in [0, 0.1) is 41.5 Å². The molecular weight excluding hydrogens is 505 g/mol. The average molecular weight is 535 g/mol. The molecule has 0 amide bonds. The van der Waals surface area contributed by atoms with E-state index >= 15 is 0 Å². The molecule has 4 aromatic rings. The Balaban J connectivity index is 0.000000569. The van der Waals surface area contributed by atoms with E-state index in [-0.39, 0.29) is 51.0 Å². The molecule has 30 heavy (non-hydrogen) atoms. The maximum Gasteiger partial charge on any atom is 4.00 e. The summed E-state index contributed by atoms with van der Waals surface area (Å²) in [4.78, 5) is 0. The molecule has 0 radical (unpaired) electrons. The Morgan fingerprint density at radius 2 is 1.30 bits per heavy atom. The van der Waals surface area contributed by atoms with E-state index in [0.29, 0.717) is 0 Å². The molecule has 0 saturated heterocycles. The van der Waals surface area contributed by atoms with Crippen LogP contribution in [0.2, 0.25) is 0 Å². The number of fused-ring (bicyclic) bond motifs is 1. The summed E-state index contributed by atoms with van der Waals surface area (Å²) >= 11 is 0. The Kier molecular flexibility index (Phi) is 12.7. The first-order valence-electron chi connectivity index (χ1n) is 9.56. The van der Waals surface area contributed by atoms with Gasteiger partial charge in [-0.1, -0.05) is 73.5 Å². The van der Waals surface area contributed by atoms with Crippen molar-refractivity contribution in [3.63, 3.8) is 0 Å². The Morgan fingerprint density at radius 3 is 1.80 bits per heavy atom. The summed E-state index contributed by atoms with van der Waals surface area (Å²) in [5.74, 6) is 0. The molecule has 1 atom stereocenters. The zero-order chi connectivity index (χ0) is 19.6. The van der Waals surface area contributed by atoms with Crippen LogP contribution in [0.3, 0.4) is 0 Å². The predicted octanol–water partition coefficient (Wildman–Crippen LogP) is 0.450. The molecule has 0 heterocycles. The third-order valence-electron chi connectivity index (χ3n) is 5.85. The van der Waals surface area contributed by atoms with Gasteiger partial charge in [-0.15, -0.1) is 40.3 Å². The molecule has 0 aromatic heterocycles. The fourth-order valence-corrected chi connectivity index (χ4v) is 4.72. The van der Waals surface area contributed by atoms with Gasteiger partial charge in [0, 0.05) is 0 Å². The first-order chi connectivity index (χ1) is 12.9. The molecule has 0 nitrogen and oxygen atoms in total. The SMILES string of the molecule is Cc1c(C)c(C)[c-](C)c1C.Cc1ccccc1Pc1cc2ccccc2[cH-]1.[Cl-].[Cl-].[Zr+4]. The zero-order valence-electron chi connectivity index (χ0n) is 18.5. The molecule has 1 unspecified atom stereocenters. The van der Waals surface area contributed by atoms with Crippen LogP contribution in [-0.2, 0) is 26.2 Å². The maximum atomic E-state index is 2.31. The molecule has 0 saturated carbocycles. The smallest absolute Gasteiger partial charge is 1.00 e. The zero-order valence-corrected chi connectivity index (χ0v) is 23.5. The number of halogens is 2. The molecule has 0 spiro atoms. The van der Waals surface area contributed by atoms with Gasteiger partial charge >= 0.3 is 26.2 Å². The summed E-state index contributed by atoms with van der Waals surface area (Å²) in [6.07, 6.45) is 0. The third kappa shape index (κ3) is 6.64. The molecule has 0 aliphatic heterocycles. The number of benzene rings is 2. The largest absolute Gasteiger partial charge is 4.00 e. The molecule has 4 heteroatoms.